The fourth-order valence-corrected chi connectivity index (χ4v) is 5.45. The van der Waals surface area contributed by atoms with Crippen molar-refractivity contribution in [1.82, 2.24) is 4.57 Å². The summed E-state index contributed by atoms with van der Waals surface area (Å²) >= 11 is 0. The van der Waals surface area contributed by atoms with Crippen LogP contribution in [0.15, 0.2) is 36.4 Å². The van der Waals surface area contributed by atoms with Crippen molar-refractivity contribution < 1.29 is 4.39 Å². The van der Waals surface area contributed by atoms with Gasteiger partial charge in [-0.2, -0.15) is 0 Å². The molecule has 3 nitrogen and oxygen atoms in total. The Bertz CT molecular complexity index is 1070. The largest absolute Gasteiger partial charge is 0.398 e. The number of nitrogens with one attached hydrogen (secondary N) is 1. The second-order valence-corrected chi connectivity index (χ2v) is 9.15. The molecule has 2 fully saturated rings. The Kier molecular flexibility index (Phi) is 5.10. The number of aromatic nitrogens is 1. The first-order valence-corrected chi connectivity index (χ1v) is 11.4. The number of anilines is 1. The summed E-state index contributed by atoms with van der Waals surface area (Å²) in [6, 6.07) is 11.0. The van der Waals surface area contributed by atoms with Crippen molar-refractivity contribution in [3.63, 3.8) is 0 Å². The van der Waals surface area contributed by atoms with Gasteiger partial charge in [0.1, 0.15) is 5.82 Å². The van der Waals surface area contributed by atoms with Gasteiger partial charge in [0.25, 0.3) is 0 Å². The number of hydrogen-bond donors (Lipinski definition) is 2. The number of halogens is 1. The van der Waals surface area contributed by atoms with Crippen LogP contribution >= 0.6 is 0 Å². The molecule has 1 aromatic heterocycles. The number of hydrogen-bond acceptors (Lipinski definition) is 2. The molecule has 2 aromatic carbocycles. The van der Waals surface area contributed by atoms with E-state index in [1.165, 1.54) is 74.2 Å². The molecular weight excluding hydrogens is 373 g/mol. The Morgan fingerprint density at radius 3 is 2.37 bits per heavy atom. The van der Waals surface area contributed by atoms with Crippen molar-refractivity contribution in [2.75, 3.05) is 5.73 Å². The van der Waals surface area contributed by atoms with Gasteiger partial charge in [-0.15, -0.1) is 0 Å². The Balaban J connectivity index is 1.80. The Labute approximate surface area is 177 Å². The van der Waals surface area contributed by atoms with Gasteiger partial charge in [0.05, 0.1) is 5.52 Å². The van der Waals surface area contributed by atoms with Crippen molar-refractivity contribution in [2.24, 2.45) is 5.92 Å². The number of nitrogen functional groups attached to an aromatic ring is 1. The average molecular weight is 404 g/mol. The molecule has 4 heteroatoms. The van der Waals surface area contributed by atoms with Crippen LogP contribution in [-0.4, -0.2) is 10.8 Å². The molecule has 1 heterocycles. The monoisotopic (exact) mass is 403 g/mol. The molecule has 0 atom stereocenters. The highest BCUT2D eigenvalue weighted by Crippen LogP contribution is 2.44. The predicted octanol–water partition coefficient (Wildman–Crippen LogP) is 6.74. The minimum absolute atomic E-state index is 0.214. The highest BCUT2D eigenvalue weighted by atomic mass is 19.1. The van der Waals surface area contributed by atoms with Crippen LogP contribution in [-0.2, 0) is 6.42 Å². The lowest BCUT2D eigenvalue weighted by Gasteiger charge is -2.29. The maximum absolute atomic E-state index is 13.7. The highest BCUT2D eigenvalue weighted by molar-refractivity contribution is 5.97. The van der Waals surface area contributed by atoms with Crippen LogP contribution in [0.2, 0.25) is 0 Å². The standard InChI is InChI=1S/C26H30FN3/c27-20-9-11-21(12-10-20)30-25-14-19(16-28)24(29)15-22(25)23(13-17-5-4-6-17)26(30)18-7-2-1-3-8-18/h9-12,14-18,28H,1-8,13,29H2. The molecule has 2 aliphatic carbocycles. The Hall–Kier alpha value is -2.62. The van der Waals surface area contributed by atoms with E-state index in [1.54, 1.807) is 12.1 Å². The summed E-state index contributed by atoms with van der Waals surface area (Å²) in [4.78, 5) is 0. The molecule has 3 N–H and O–H groups in total. The van der Waals surface area contributed by atoms with E-state index in [1.807, 2.05) is 12.1 Å². The van der Waals surface area contributed by atoms with E-state index in [-0.39, 0.29) is 5.82 Å². The van der Waals surface area contributed by atoms with E-state index in [0.29, 0.717) is 11.6 Å². The third-order valence-corrected chi connectivity index (χ3v) is 7.27. The summed E-state index contributed by atoms with van der Waals surface area (Å²) in [6.45, 7) is 0. The molecule has 0 radical (unpaired) electrons. The molecule has 156 valence electrons. The summed E-state index contributed by atoms with van der Waals surface area (Å²) in [6.07, 6.45) is 12.7. The van der Waals surface area contributed by atoms with Gasteiger partial charge in [0, 0.05) is 34.2 Å². The fraction of sp³-hybridized carbons (Fsp3) is 0.423. The summed E-state index contributed by atoms with van der Waals surface area (Å²) in [5.41, 5.74) is 12.7. The maximum atomic E-state index is 13.7. The first kappa shape index (κ1) is 19.3. The Morgan fingerprint density at radius 2 is 1.73 bits per heavy atom. The molecule has 0 saturated heterocycles. The quantitative estimate of drug-likeness (QED) is 0.360. The van der Waals surface area contributed by atoms with E-state index in [4.69, 9.17) is 11.1 Å². The van der Waals surface area contributed by atoms with Gasteiger partial charge < -0.3 is 15.7 Å². The smallest absolute Gasteiger partial charge is 0.123 e. The van der Waals surface area contributed by atoms with Crippen molar-refractivity contribution in [3.05, 3.63) is 59.0 Å². The normalized spacial score (nSPS) is 17.9. The average Bonchev–Trinajstić information content (AvgIpc) is 3.04. The predicted molar refractivity (Wildman–Crippen MR) is 122 cm³/mol. The lowest BCUT2D eigenvalue weighted by Crippen LogP contribution is -2.17. The Morgan fingerprint density at radius 1 is 1.00 bits per heavy atom. The second-order valence-electron chi connectivity index (χ2n) is 9.15. The molecule has 2 saturated carbocycles. The third kappa shape index (κ3) is 3.32. The zero-order valence-electron chi connectivity index (χ0n) is 17.5. The number of rotatable bonds is 5. The minimum Gasteiger partial charge on any atom is -0.398 e. The zero-order chi connectivity index (χ0) is 20.7. The fourth-order valence-electron chi connectivity index (χ4n) is 5.45. The molecule has 0 amide bonds. The van der Waals surface area contributed by atoms with Gasteiger partial charge in [0.2, 0.25) is 0 Å². The molecule has 0 aliphatic heterocycles. The summed E-state index contributed by atoms with van der Waals surface area (Å²) in [7, 11) is 0. The summed E-state index contributed by atoms with van der Waals surface area (Å²) in [5.74, 6) is 1.06. The third-order valence-electron chi connectivity index (χ3n) is 7.27. The van der Waals surface area contributed by atoms with Crippen LogP contribution in [0.3, 0.4) is 0 Å². The minimum atomic E-state index is -0.214. The van der Waals surface area contributed by atoms with E-state index < -0.39 is 0 Å². The number of nitrogens with zero attached hydrogens (tertiary/aromatic N) is 1. The van der Waals surface area contributed by atoms with E-state index in [0.717, 1.165) is 29.1 Å². The van der Waals surface area contributed by atoms with Crippen LogP contribution < -0.4 is 5.73 Å². The van der Waals surface area contributed by atoms with Crippen molar-refractivity contribution in [2.45, 2.75) is 63.7 Å². The topological polar surface area (TPSA) is 54.8 Å². The van der Waals surface area contributed by atoms with Crippen LogP contribution in [0.4, 0.5) is 10.1 Å². The summed E-state index contributed by atoms with van der Waals surface area (Å²) in [5, 5.41) is 9.02. The van der Waals surface area contributed by atoms with Crippen LogP contribution in [0.5, 0.6) is 0 Å². The molecule has 0 spiro atoms. The molecular formula is C26H30FN3. The van der Waals surface area contributed by atoms with E-state index in [9.17, 15) is 4.39 Å². The van der Waals surface area contributed by atoms with Gasteiger partial charge >= 0.3 is 0 Å². The zero-order valence-corrected chi connectivity index (χ0v) is 17.5. The first-order chi connectivity index (χ1) is 14.7. The van der Waals surface area contributed by atoms with Crippen LogP contribution in [0, 0.1) is 17.1 Å². The first-order valence-electron chi connectivity index (χ1n) is 11.4. The van der Waals surface area contributed by atoms with Gasteiger partial charge in [-0.25, -0.2) is 4.39 Å². The molecule has 30 heavy (non-hydrogen) atoms. The van der Waals surface area contributed by atoms with Gasteiger partial charge in [0.15, 0.2) is 0 Å². The van der Waals surface area contributed by atoms with E-state index >= 15 is 0 Å². The van der Waals surface area contributed by atoms with Crippen molar-refractivity contribution in [3.8, 4) is 5.69 Å². The number of nitrogens with two attached hydrogens (primary N) is 1. The van der Waals surface area contributed by atoms with Gasteiger partial charge in [-0.1, -0.05) is 38.5 Å². The number of fused-ring (bicyclic) bond motifs is 1. The second kappa shape index (κ2) is 7.90. The highest BCUT2D eigenvalue weighted by Gasteiger charge is 2.29. The summed E-state index contributed by atoms with van der Waals surface area (Å²) < 4.78 is 16.1. The van der Waals surface area contributed by atoms with Crippen molar-refractivity contribution in [1.29, 1.82) is 5.41 Å². The van der Waals surface area contributed by atoms with E-state index in [2.05, 4.69) is 16.7 Å². The molecule has 3 aromatic rings. The molecule has 2 aliphatic rings. The van der Waals surface area contributed by atoms with Gasteiger partial charge in [-0.3, -0.25) is 0 Å². The molecule has 5 rings (SSSR count). The lowest BCUT2D eigenvalue weighted by atomic mass is 9.78. The van der Waals surface area contributed by atoms with Crippen molar-refractivity contribution >= 4 is 22.8 Å². The maximum Gasteiger partial charge on any atom is 0.123 e. The lowest BCUT2D eigenvalue weighted by molar-refractivity contribution is 0.313. The van der Waals surface area contributed by atoms with Crippen LogP contribution in [0.25, 0.3) is 16.6 Å². The van der Waals surface area contributed by atoms with Crippen LogP contribution in [0.1, 0.15) is 74.1 Å². The van der Waals surface area contributed by atoms with Gasteiger partial charge in [-0.05, 0) is 73.1 Å². The molecule has 0 unspecified atom stereocenters. The molecule has 0 bridgehead atoms. The number of benzene rings is 2. The SMILES string of the molecule is N=Cc1cc2c(cc1N)c(CC1CCC1)c(C1CCCCC1)n2-c1ccc(F)cc1.